The van der Waals surface area contributed by atoms with E-state index in [0.29, 0.717) is 6.42 Å². The van der Waals surface area contributed by atoms with Crippen molar-refractivity contribution in [3.8, 4) is 11.3 Å². The zero-order valence-electron chi connectivity index (χ0n) is 11.8. The van der Waals surface area contributed by atoms with E-state index in [1.807, 2.05) is 42.5 Å². The summed E-state index contributed by atoms with van der Waals surface area (Å²) in [5, 5.41) is 11.2. The van der Waals surface area contributed by atoms with Gasteiger partial charge in [0.2, 0.25) is 5.91 Å². The Bertz CT molecular complexity index is 619. The van der Waals surface area contributed by atoms with Gasteiger partial charge in [0, 0.05) is 17.8 Å². The Kier molecular flexibility index (Phi) is 4.77. The number of aliphatic carboxylic acids is 1. The largest absolute Gasteiger partial charge is 0.480 e. The van der Waals surface area contributed by atoms with Crippen molar-refractivity contribution in [1.82, 2.24) is 10.3 Å². The number of aromatic nitrogens is 1. The molecular formula is C16H18N2O3. The fraction of sp³-hybridized carbons (Fsp3) is 0.250. The van der Waals surface area contributed by atoms with Gasteiger partial charge in [-0.2, -0.15) is 0 Å². The van der Waals surface area contributed by atoms with Crippen molar-refractivity contribution in [3.63, 3.8) is 0 Å². The summed E-state index contributed by atoms with van der Waals surface area (Å²) in [6.07, 6.45) is 0.803. The molecule has 5 heteroatoms. The van der Waals surface area contributed by atoms with Crippen molar-refractivity contribution >= 4 is 11.9 Å². The second kappa shape index (κ2) is 6.74. The molecule has 0 saturated carbocycles. The van der Waals surface area contributed by atoms with Crippen LogP contribution < -0.4 is 5.32 Å². The van der Waals surface area contributed by atoms with Gasteiger partial charge in [0.1, 0.15) is 6.04 Å². The van der Waals surface area contributed by atoms with E-state index in [1.54, 1.807) is 0 Å². The number of carboxylic acid groups (broad SMARTS) is 1. The fourth-order valence-corrected chi connectivity index (χ4v) is 2.00. The molecule has 0 radical (unpaired) electrons. The van der Waals surface area contributed by atoms with Crippen LogP contribution in [0.15, 0.2) is 42.5 Å². The molecule has 5 nitrogen and oxygen atoms in total. The first-order valence-corrected chi connectivity index (χ1v) is 6.82. The van der Waals surface area contributed by atoms with Gasteiger partial charge >= 0.3 is 5.97 Å². The summed E-state index contributed by atoms with van der Waals surface area (Å²) in [4.78, 5) is 25.5. The molecule has 3 N–H and O–H groups in total. The Labute approximate surface area is 123 Å². The number of benzene rings is 1. The highest BCUT2D eigenvalue weighted by molar-refractivity contribution is 5.83. The standard InChI is InChI=1S/C16H18N2O3/c1-11(16(20)21)17-15(19)10-8-13-7-9-14(18-13)12-5-3-2-4-6-12/h2-7,9,11,18H,8,10H2,1H3,(H,17,19)(H,20,21)/t11-/m1/s1. The van der Waals surface area contributed by atoms with Crippen molar-refractivity contribution in [2.24, 2.45) is 0 Å². The number of aryl methyl sites for hydroxylation is 1. The molecule has 0 fully saturated rings. The van der Waals surface area contributed by atoms with Crippen molar-refractivity contribution < 1.29 is 14.7 Å². The van der Waals surface area contributed by atoms with Gasteiger partial charge in [0.25, 0.3) is 0 Å². The summed E-state index contributed by atoms with van der Waals surface area (Å²) < 4.78 is 0. The molecule has 0 aliphatic rings. The summed E-state index contributed by atoms with van der Waals surface area (Å²) in [5.74, 6) is -1.30. The minimum Gasteiger partial charge on any atom is -0.480 e. The number of hydrogen-bond donors (Lipinski definition) is 3. The van der Waals surface area contributed by atoms with Crippen LogP contribution in [0.4, 0.5) is 0 Å². The fourth-order valence-electron chi connectivity index (χ4n) is 2.00. The van der Waals surface area contributed by atoms with E-state index >= 15 is 0 Å². The second-order valence-electron chi connectivity index (χ2n) is 4.89. The number of carboxylic acids is 1. The lowest BCUT2D eigenvalue weighted by atomic mass is 10.2. The molecule has 2 rings (SSSR count). The first-order chi connectivity index (χ1) is 10.1. The average Bonchev–Trinajstić information content (AvgIpc) is 2.95. The van der Waals surface area contributed by atoms with Gasteiger partial charge in [0.15, 0.2) is 0 Å². The molecule has 110 valence electrons. The molecule has 0 unspecified atom stereocenters. The quantitative estimate of drug-likeness (QED) is 0.761. The highest BCUT2D eigenvalue weighted by Gasteiger charge is 2.13. The van der Waals surface area contributed by atoms with Gasteiger partial charge in [-0.3, -0.25) is 9.59 Å². The lowest BCUT2D eigenvalue weighted by Crippen LogP contribution is -2.38. The zero-order chi connectivity index (χ0) is 15.2. The van der Waals surface area contributed by atoms with Gasteiger partial charge < -0.3 is 15.4 Å². The maximum atomic E-state index is 11.6. The molecule has 2 aromatic rings. The first kappa shape index (κ1) is 14.8. The van der Waals surface area contributed by atoms with Gasteiger partial charge in [-0.1, -0.05) is 30.3 Å². The topological polar surface area (TPSA) is 82.2 Å². The number of H-pyrrole nitrogens is 1. The van der Waals surface area contributed by atoms with Crippen LogP contribution in [0, 0.1) is 0 Å². The highest BCUT2D eigenvalue weighted by Crippen LogP contribution is 2.18. The number of rotatable bonds is 6. The Morgan fingerprint density at radius 1 is 1.19 bits per heavy atom. The minimum atomic E-state index is -1.03. The molecule has 1 aromatic carbocycles. The molecule has 0 saturated heterocycles. The molecule has 1 aromatic heterocycles. The molecule has 0 aliphatic carbocycles. The van der Waals surface area contributed by atoms with Crippen LogP contribution in [0.1, 0.15) is 19.0 Å². The van der Waals surface area contributed by atoms with E-state index in [-0.39, 0.29) is 12.3 Å². The van der Waals surface area contributed by atoms with Crippen LogP contribution in [0.25, 0.3) is 11.3 Å². The normalized spacial score (nSPS) is 11.9. The van der Waals surface area contributed by atoms with Crippen LogP contribution in [-0.4, -0.2) is 28.0 Å². The Hall–Kier alpha value is -2.56. The van der Waals surface area contributed by atoms with Gasteiger partial charge in [0.05, 0.1) is 0 Å². The third kappa shape index (κ3) is 4.21. The molecule has 0 spiro atoms. The SMILES string of the molecule is C[C@@H](NC(=O)CCc1ccc(-c2ccccc2)[nH]1)C(=O)O. The van der Waals surface area contributed by atoms with Crippen LogP contribution in [0.3, 0.4) is 0 Å². The summed E-state index contributed by atoms with van der Waals surface area (Å²) in [7, 11) is 0. The lowest BCUT2D eigenvalue weighted by molar-refractivity contribution is -0.141. The summed E-state index contributed by atoms with van der Waals surface area (Å²) in [5.41, 5.74) is 3.05. The number of hydrogen-bond acceptors (Lipinski definition) is 2. The van der Waals surface area contributed by atoms with Crippen molar-refractivity contribution in [3.05, 3.63) is 48.2 Å². The van der Waals surface area contributed by atoms with Crippen LogP contribution in [0.2, 0.25) is 0 Å². The van der Waals surface area contributed by atoms with Crippen molar-refractivity contribution in [2.45, 2.75) is 25.8 Å². The molecule has 1 atom stereocenters. The third-order valence-electron chi connectivity index (χ3n) is 3.20. The van der Waals surface area contributed by atoms with Crippen LogP contribution in [0.5, 0.6) is 0 Å². The Balaban J connectivity index is 1.89. The van der Waals surface area contributed by atoms with Crippen LogP contribution in [-0.2, 0) is 16.0 Å². The van der Waals surface area contributed by atoms with E-state index in [4.69, 9.17) is 5.11 Å². The summed E-state index contributed by atoms with van der Waals surface area (Å²) >= 11 is 0. The van der Waals surface area contributed by atoms with E-state index in [1.165, 1.54) is 6.92 Å². The highest BCUT2D eigenvalue weighted by atomic mass is 16.4. The number of aromatic amines is 1. The van der Waals surface area contributed by atoms with E-state index in [2.05, 4.69) is 10.3 Å². The number of carbonyl (C=O) groups is 2. The zero-order valence-corrected chi connectivity index (χ0v) is 11.8. The van der Waals surface area contributed by atoms with E-state index in [9.17, 15) is 9.59 Å². The lowest BCUT2D eigenvalue weighted by Gasteiger charge is -2.08. The molecular weight excluding hydrogens is 268 g/mol. The maximum absolute atomic E-state index is 11.6. The number of carbonyl (C=O) groups excluding carboxylic acids is 1. The molecule has 0 aliphatic heterocycles. The van der Waals surface area contributed by atoms with Gasteiger partial charge in [-0.25, -0.2) is 0 Å². The number of amides is 1. The molecule has 1 heterocycles. The van der Waals surface area contributed by atoms with Crippen LogP contribution >= 0.6 is 0 Å². The third-order valence-corrected chi connectivity index (χ3v) is 3.20. The van der Waals surface area contributed by atoms with Crippen molar-refractivity contribution in [1.29, 1.82) is 0 Å². The Morgan fingerprint density at radius 2 is 1.90 bits per heavy atom. The molecule has 0 bridgehead atoms. The number of nitrogens with one attached hydrogen (secondary N) is 2. The summed E-state index contributed by atoms with van der Waals surface area (Å²) in [6.45, 7) is 1.45. The predicted octanol–water partition coefficient (Wildman–Crippen LogP) is 2.20. The van der Waals surface area contributed by atoms with E-state index < -0.39 is 12.0 Å². The van der Waals surface area contributed by atoms with Gasteiger partial charge in [-0.15, -0.1) is 0 Å². The van der Waals surface area contributed by atoms with Crippen molar-refractivity contribution in [2.75, 3.05) is 0 Å². The monoisotopic (exact) mass is 286 g/mol. The molecule has 21 heavy (non-hydrogen) atoms. The second-order valence-corrected chi connectivity index (χ2v) is 4.89. The Morgan fingerprint density at radius 3 is 2.57 bits per heavy atom. The van der Waals surface area contributed by atoms with E-state index in [0.717, 1.165) is 17.0 Å². The summed E-state index contributed by atoms with van der Waals surface area (Å²) in [6, 6.07) is 13.0. The minimum absolute atomic E-state index is 0.256. The van der Waals surface area contributed by atoms with Gasteiger partial charge in [-0.05, 0) is 31.0 Å². The predicted molar refractivity (Wildman–Crippen MR) is 79.8 cm³/mol. The average molecular weight is 286 g/mol. The smallest absolute Gasteiger partial charge is 0.325 e. The molecule has 1 amide bonds. The maximum Gasteiger partial charge on any atom is 0.325 e. The first-order valence-electron chi connectivity index (χ1n) is 6.82.